The molecule has 1 saturated carbocycles. The van der Waals surface area contributed by atoms with Crippen molar-refractivity contribution in [3.05, 3.63) is 0 Å². The van der Waals surface area contributed by atoms with Crippen molar-refractivity contribution in [3.63, 3.8) is 0 Å². The van der Waals surface area contributed by atoms with Gasteiger partial charge in [-0.1, -0.05) is 20.3 Å². The lowest BCUT2D eigenvalue weighted by Crippen LogP contribution is -2.58. The fourth-order valence-corrected chi connectivity index (χ4v) is 3.07. The molecule has 1 aliphatic rings. The van der Waals surface area contributed by atoms with Gasteiger partial charge < -0.3 is 15.1 Å². The first-order valence-corrected chi connectivity index (χ1v) is 7.48. The minimum atomic E-state index is 0.447. The van der Waals surface area contributed by atoms with Crippen molar-refractivity contribution in [2.24, 2.45) is 5.92 Å². The van der Waals surface area contributed by atoms with E-state index in [2.05, 4.69) is 57.2 Å². The first-order chi connectivity index (χ1) is 8.45. The highest BCUT2D eigenvalue weighted by molar-refractivity contribution is 4.98. The molecule has 2 unspecified atom stereocenters. The highest BCUT2D eigenvalue weighted by atomic mass is 15.2. The number of hydrogen-bond donors (Lipinski definition) is 1. The Labute approximate surface area is 114 Å². The van der Waals surface area contributed by atoms with Crippen molar-refractivity contribution in [1.29, 1.82) is 0 Å². The zero-order valence-electron chi connectivity index (χ0n) is 13.3. The molecular weight excluding hydrogens is 222 g/mol. The quantitative estimate of drug-likeness (QED) is 0.716. The maximum absolute atomic E-state index is 3.48. The SMILES string of the molecule is CCC(C)C(CN(C)CC1(N(C)C)CCC1)NC. The standard InChI is InChI=1S/C15H33N3/c1-7-13(2)14(16-3)11-18(6)12-15(17(4)5)9-8-10-15/h13-14,16H,7-12H2,1-6H3. The van der Waals surface area contributed by atoms with Gasteiger partial charge in [0.1, 0.15) is 0 Å². The number of nitrogens with zero attached hydrogens (tertiary/aromatic N) is 2. The summed E-state index contributed by atoms with van der Waals surface area (Å²) in [5.74, 6) is 0.745. The third kappa shape index (κ3) is 3.69. The van der Waals surface area contributed by atoms with Crippen LogP contribution in [0.1, 0.15) is 39.5 Å². The first-order valence-electron chi connectivity index (χ1n) is 7.48. The van der Waals surface area contributed by atoms with Gasteiger partial charge in [0.15, 0.2) is 0 Å². The van der Waals surface area contributed by atoms with Gasteiger partial charge in [-0.2, -0.15) is 0 Å². The van der Waals surface area contributed by atoms with E-state index >= 15 is 0 Å². The van der Waals surface area contributed by atoms with Crippen LogP contribution < -0.4 is 5.32 Å². The van der Waals surface area contributed by atoms with E-state index in [9.17, 15) is 0 Å². The smallest absolute Gasteiger partial charge is 0.0330 e. The van der Waals surface area contributed by atoms with Crippen LogP contribution in [0.4, 0.5) is 0 Å². The van der Waals surface area contributed by atoms with Gasteiger partial charge in [-0.15, -0.1) is 0 Å². The molecule has 108 valence electrons. The Hall–Kier alpha value is -0.120. The van der Waals surface area contributed by atoms with Gasteiger partial charge in [-0.05, 0) is 53.4 Å². The van der Waals surface area contributed by atoms with Gasteiger partial charge in [0, 0.05) is 24.7 Å². The summed E-state index contributed by atoms with van der Waals surface area (Å²) in [6.07, 6.45) is 5.36. The highest BCUT2D eigenvalue weighted by Crippen LogP contribution is 2.36. The number of rotatable bonds is 8. The zero-order valence-corrected chi connectivity index (χ0v) is 13.3. The molecule has 0 aromatic rings. The predicted molar refractivity (Wildman–Crippen MR) is 80.1 cm³/mol. The third-order valence-electron chi connectivity index (χ3n) is 5.01. The van der Waals surface area contributed by atoms with Crippen LogP contribution in [0.3, 0.4) is 0 Å². The molecule has 3 nitrogen and oxygen atoms in total. The molecule has 0 heterocycles. The molecule has 0 aromatic carbocycles. The van der Waals surface area contributed by atoms with Crippen molar-refractivity contribution in [1.82, 2.24) is 15.1 Å². The van der Waals surface area contributed by atoms with Gasteiger partial charge in [0.05, 0.1) is 0 Å². The van der Waals surface area contributed by atoms with E-state index in [0.717, 1.165) is 12.5 Å². The van der Waals surface area contributed by atoms with E-state index < -0.39 is 0 Å². The van der Waals surface area contributed by atoms with Crippen LogP contribution in [-0.4, -0.2) is 62.7 Å². The van der Waals surface area contributed by atoms with E-state index in [1.54, 1.807) is 0 Å². The van der Waals surface area contributed by atoms with Crippen molar-refractivity contribution in [2.45, 2.75) is 51.1 Å². The average molecular weight is 255 g/mol. The molecule has 1 fully saturated rings. The monoisotopic (exact) mass is 255 g/mol. The fraction of sp³-hybridized carbons (Fsp3) is 1.00. The molecule has 2 atom stereocenters. The molecule has 0 saturated heterocycles. The van der Waals surface area contributed by atoms with Crippen LogP contribution in [0.25, 0.3) is 0 Å². The van der Waals surface area contributed by atoms with Crippen molar-refractivity contribution in [2.75, 3.05) is 41.3 Å². The summed E-state index contributed by atoms with van der Waals surface area (Å²) in [4.78, 5) is 4.96. The summed E-state index contributed by atoms with van der Waals surface area (Å²) in [5, 5.41) is 3.48. The fourth-order valence-electron chi connectivity index (χ4n) is 3.07. The largest absolute Gasteiger partial charge is 0.315 e. The maximum atomic E-state index is 3.48. The number of nitrogens with one attached hydrogen (secondary N) is 1. The summed E-state index contributed by atoms with van der Waals surface area (Å²) in [7, 11) is 8.83. The maximum Gasteiger partial charge on any atom is 0.0330 e. The summed E-state index contributed by atoms with van der Waals surface area (Å²) >= 11 is 0. The first kappa shape index (κ1) is 15.9. The molecule has 0 spiro atoms. The Bertz CT molecular complexity index is 236. The molecule has 0 bridgehead atoms. The van der Waals surface area contributed by atoms with Crippen LogP contribution in [0, 0.1) is 5.92 Å². The molecule has 0 radical (unpaired) electrons. The molecule has 0 amide bonds. The second kappa shape index (κ2) is 6.88. The van der Waals surface area contributed by atoms with E-state index in [4.69, 9.17) is 0 Å². The van der Waals surface area contributed by atoms with Gasteiger partial charge in [0.25, 0.3) is 0 Å². The van der Waals surface area contributed by atoms with Gasteiger partial charge >= 0.3 is 0 Å². The summed E-state index contributed by atoms with van der Waals surface area (Å²) in [6.45, 7) is 6.98. The van der Waals surface area contributed by atoms with Crippen molar-refractivity contribution < 1.29 is 0 Å². The Morgan fingerprint density at radius 2 is 1.83 bits per heavy atom. The van der Waals surface area contributed by atoms with Gasteiger partial charge in [-0.25, -0.2) is 0 Å². The predicted octanol–water partition coefficient (Wildman–Crippen LogP) is 2.04. The minimum Gasteiger partial charge on any atom is -0.315 e. The lowest BCUT2D eigenvalue weighted by molar-refractivity contribution is 0.0242. The molecule has 3 heteroatoms. The second-order valence-electron chi connectivity index (χ2n) is 6.45. The van der Waals surface area contributed by atoms with Crippen molar-refractivity contribution >= 4 is 0 Å². The Kier molecular flexibility index (Phi) is 6.09. The summed E-state index contributed by atoms with van der Waals surface area (Å²) < 4.78 is 0. The van der Waals surface area contributed by atoms with Crippen LogP contribution in [0.2, 0.25) is 0 Å². The third-order valence-corrected chi connectivity index (χ3v) is 5.01. The number of likely N-dealkylation sites (N-methyl/N-ethyl adjacent to an activating group) is 3. The lowest BCUT2D eigenvalue weighted by Gasteiger charge is -2.49. The Balaban J connectivity index is 2.47. The normalized spacial score (nSPS) is 22.0. The minimum absolute atomic E-state index is 0.447. The molecule has 1 N–H and O–H groups in total. The second-order valence-corrected chi connectivity index (χ2v) is 6.45. The molecule has 0 aromatic heterocycles. The van der Waals surface area contributed by atoms with Gasteiger partial charge in [0.2, 0.25) is 0 Å². The average Bonchev–Trinajstić information content (AvgIpc) is 2.29. The summed E-state index contributed by atoms with van der Waals surface area (Å²) in [5.41, 5.74) is 0.447. The van der Waals surface area contributed by atoms with E-state index in [1.165, 1.54) is 32.2 Å². The van der Waals surface area contributed by atoms with Crippen LogP contribution in [0.5, 0.6) is 0 Å². The van der Waals surface area contributed by atoms with Crippen LogP contribution in [-0.2, 0) is 0 Å². The van der Waals surface area contributed by atoms with Crippen LogP contribution >= 0.6 is 0 Å². The number of hydrogen-bond acceptors (Lipinski definition) is 3. The Morgan fingerprint density at radius 3 is 2.17 bits per heavy atom. The molecule has 18 heavy (non-hydrogen) atoms. The topological polar surface area (TPSA) is 18.5 Å². The molecule has 0 aliphatic heterocycles. The molecule has 1 rings (SSSR count). The highest BCUT2D eigenvalue weighted by Gasteiger charge is 2.39. The Morgan fingerprint density at radius 1 is 1.22 bits per heavy atom. The van der Waals surface area contributed by atoms with E-state index in [0.29, 0.717) is 11.6 Å². The van der Waals surface area contributed by atoms with Crippen LogP contribution in [0.15, 0.2) is 0 Å². The van der Waals surface area contributed by atoms with E-state index in [-0.39, 0.29) is 0 Å². The lowest BCUT2D eigenvalue weighted by atomic mass is 9.75. The van der Waals surface area contributed by atoms with Crippen molar-refractivity contribution in [3.8, 4) is 0 Å². The molecule has 1 aliphatic carbocycles. The van der Waals surface area contributed by atoms with Gasteiger partial charge in [-0.3, -0.25) is 0 Å². The summed E-state index contributed by atoms with van der Waals surface area (Å²) in [6, 6.07) is 0.610. The zero-order chi connectivity index (χ0) is 13.8. The molecular formula is C15H33N3. The van der Waals surface area contributed by atoms with E-state index in [1.807, 2.05) is 0 Å².